The van der Waals surface area contributed by atoms with Crippen LogP contribution in [0.3, 0.4) is 0 Å². The maximum absolute atomic E-state index is 15.1. The minimum absolute atomic E-state index is 0.0772. The Labute approximate surface area is 255 Å². The number of carbonyl (C=O) groups excluding carboxylic acids is 3. The van der Waals surface area contributed by atoms with Crippen molar-refractivity contribution in [1.82, 2.24) is 10.2 Å². The molecule has 8 nitrogen and oxygen atoms in total. The molecule has 3 aromatic rings. The van der Waals surface area contributed by atoms with Gasteiger partial charge in [-0.05, 0) is 61.7 Å². The lowest BCUT2D eigenvalue weighted by atomic mass is 10.0. The Morgan fingerprint density at radius 3 is 2.41 bits per heavy atom. The SMILES string of the molecule is N#Cc1ccc(N2CCC(Sc3cc(F)c(COc4cccc5c4CN(C4CCC(=O)NC4=O)C5=O)c(F)c3)CC2)c(F)c1. The number of nitriles is 1. The maximum Gasteiger partial charge on any atom is 0.255 e. The lowest BCUT2D eigenvalue weighted by Crippen LogP contribution is -2.52. The van der Waals surface area contributed by atoms with Crippen LogP contribution in [0, 0.1) is 28.8 Å². The Hall–Kier alpha value is -4.50. The molecule has 1 atom stereocenters. The number of rotatable bonds is 7. The number of ether oxygens (including phenoxy) is 1. The monoisotopic (exact) mass is 620 g/mol. The Morgan fingerprint density at radius 1 is 0.977 bits per heavy atom. The van der Waals surface area contributed by atoms with Gasteiger partial charge in [0.05, 0.1) is 29.4 Å². The van der Waals surface area contributed by atoms with E-state index in [1.165, 1.54) is 34.9 Å². The van der Waals surface area contributed by atoms with Crippen LogP contribution in [0.2, 0.25) is 0 Å². The fraction of sp³-hybridized carbons (Fsp3) is 0.312. The Balaban J connectivity index is 1.08. The van der Waals surface area contributed by atoms with Gasteiger partial charge >= 0.3 is 0 Å². The van der Waals surface area contributed by atoms with Crippen LogP contribution in [0.5, 0.6) is 5.75 Å². The molecule has 1 N–H and O–H groups in total. The molecule has 12 heteroatoms. The van der Waals surface area contributed by atoms with Gasteiger partial charge in [0, 0.05) is 40.8 Å². The van der Waals surface area contributed by atoms with Crippen molar-refractivity contribution in [2.24, 2.45) is 0 Å². The van der Waals surface area contributed by atoms with Crippen molar-refractivity contribution in [2.45, 2.75) is 55.0 Å². The van der Waals surface area contributed by atoms with Crippen molar-refractivity contribution in [2.75, 3.05) is 18.0 Å². The molecule has 3 aliphatic heterocycles. The Kier molecular flexibility index (Phi) is 8.23. The summed E-state index contributed by atoms with van der Waals surface area (Å²) in [5.74, 6) is -2.94. The van der Waals surface area contributed by atoms with Gasteiger partial charge in [-0.3, -0.25) is 19.7 Å². The van der Waals surface area contributed by atoms with Gasteiger partial charge in [-0.2, -0.15) is 5.26 Å². The van der Waals surface area contributed by atoms with Crippen LogP contribution in [-0.2, 0) is 22.7 Å². The van der Waals surface area contributed by atoms with Crippen LogP contribution in [0.15, 0.2) is 53.4 Å². The quantitative estimate of drug-likeness (QED) is 0.368. The standard InChI is InChI=1S/C32H27F3N4O4S/c33-24-13-20(44-19-8-10-38(11-9-19)27-5-4-18(15-36)12-26(27)35)14-25(34)23(24)17-43-29-3-1-2-21-22(29)16-39(32(21)42)28-6-7-30(40)37-31(28)41/h1-5,12-14,19,28H,6-11,16-17H2,(H,37,40,41). The van der Waals surface area contributed by atoms with Crippen LogP contribution in [0.1, 0.15) is 52.7 Å². The second-order valence-electron chi connectivity index (χ2n) is 10.9. The highest BCUT2D eigenvalue weighted by molar-refractivity contribution is 8.00. The van der Waals surface area contributed by atoms with Crippen molar-refractivity contribution < 1.29 is 32.3 Å². The van der Waals surface area contributed by atoms with E-state index in [4.69, 9.17) is 10.00 Å². The number of anilines is 1. The summed E-state index contributed by atoms with van der Waals surface area (Å²) in [6, 6.07) is 12.9. The Morgan fingerprint density at radius 2 is 1.73 bits per heavy atom. The normalized spacial score (nSPS) is 18.7. The van der Waals surface area contributed by atoms with Crippen LogP contribution in [-0.4, -0.2) is 47.0 Å². The van der Waals surface area contributed by atoms with Gasteiger partial charge < -0.3 is 14.5 Å². The fourth-order valence-corrected chi connectivity index (χ4v) is 7.04. The van der Waals surface area contributed by atoms with Crippen molar-refractivity contribution >= 4 is 35.2 Å². The number of amides is 3. The number of thioether (sulfide) groups is 1. The molecule has 6 rings (SSSR count). The first-order chi connectivity index (χ1) is 21.2. The van der Waals surface area contributed by atoms with Gasteiger partial charge in [0.1, 0.15) is 35.8 Å². The summed E-state index contributed by atoms with van der Waals surface area (Å²) in [5, 5.41) is 11.3. The van der Waals surface area contributed by atoms with Gasteiger partial charge in [0.15, 0.2) is 0 Å². The number of hydrogen-bond donors (Lipinski definition) is 1. The summed E-state index contributed by atoms with van der Waals surface area (Å²) in [5.41, 5.74) is 1.31. The van der Waals surface area contributed by atoms with Crippen LogP contribution < -0.4 is 15.0 Å². The molecule has 2 fully saturated rings. The first kappa shape index (κ1) is 29.6. The molecule has 0 spiro atoms. The minimum Gasteiger partial charge on any atom is -0.488 e. The number of carbonyl (C=O) groups is 3. The number of benzene rings is 3. The molecule has 0 bridgehead atoms. The maximum atomic E-state index is 15.1. The predicted molar refractivity (Wildman–Crippen MR) is 155 cm³/mol. The molecule has 3 amide bonds. The molecule has 1 unspecified atom stereocenters. The molecule has 0 saturated carbocycles. The first-order valence-electron chi connectivity index (χ1n) is 14.2. The zero-order chi connectivity index (χ0) is 31.0. The van der Waals surface area contributed by atoms with E-state index in [0.29, 0.717) is 47.6 Å². The second-order valence-corrected chi connectivity index (χ2v) is 12.3. The molecular weight excluding hydrogens is 593 g/mol. The van der Waals surface area contributed by atoms with E-state index < -0.39 is 36.0 Å². The topological polar surface area (TPSA) is 103 Å². The third-order valence-corrected chi connectivity index (χ3v) is 9.50. The molecule has 0 radical (unpaired) electrons. The lowest BCUT2D eigenvalue weighted by Gasteiger charge is -2.33. The predicted octanol–water partition coefficient (Wildman–Crippen LogP) is 5.08. The summed E-state index contributed by atoms with van der Waals surface area (Å²) < 4.78 is 50.5. The van der Waals surface area contributed by atoms with Crippen molar-refractivity contribution in [1.29, 1.82) is 5.26 Å². The van der Waals surface area contributed by atoms with E-state index in [9.17, 15) is 18.8 Å². The molecular formula is C32H27F3N4O4S. The van der Waals surface area contributed by atoms with E-state index in [2.05, 4.69) is 5.32 Å². The van der Waals surface area contributed by atoms with Crippen LogP contribution in [0.25, 0.3) is 0 Å². The van der Waals surface area contributed by atoms with Gasteiger partial charge in [-0.25, -0.2) is 13.2 Å². The zero-order valence-corrected chi connectivity index (χ0v) is 24.3. The molecule has 3 heterocycles. The third kappa shape index (κ3) is 5.84. The number of nitrogens with zero attached hydrogens (tertiary/aromatic N) is 3. The van der Waals surface area contributed by atoms with E-state index >= 15 is 8.78 Å². The zero-order valence-electron chi connectivity index (χ0n) is 23.4. The van der Waals surface area contributed by atoms with E-state index in [0.717, 1.165) is 0 Å². The summed E-state index contributed by atoms with van der Waals surface area (Å²) in [4.78, 5) is 40.7. The largest absolute Gasteiger partial charge is 0.488 e. The third-order valence-electron chi connectivity index (χ3n) is 8.19. The van der Waals surface area contributed by atoms with Gasteiger partial charge in [0.2, 0.25) is 11.8 Å². The second kappa shape index (κ2) is 12.2. The lowest BCUT2D eigenvalue weighted by molar-refractivity contribution is -0.136. The molecule has 3 aromatic carbocycles. The minimum atomic E-state index is -0.787. The molecule has 0 aliphatic carbocycles. The molecule has 226 valence electrons. The molecule has 3 aliphatic rings. The van der Waals surface area contributed by atoms with E-state index in [-0.39, 0.29) is 53.3 Å². The van der Waals surface area contributed by atoms with Gasteiger partial charge in [-0.15, -0.1) is 11.8 Å². The van der Waals surface area contributed by atoms with E-state index in [1.54, 1.807) is 30.3 Å². The average Bonchev–Trinajstić information content (AvgIpc) is 3.33. The highest BCUT2D eigenvalue weighted by Gasteiger charge is 2.40. The van der Waals surface area contributed by atoms with Crippen molar-refractivity contribution in [3.05, 3.63) is 88.2 Å². The van der Waals surface area contributed by atoms with Crippen LogP contribution in [0.4, 0.5) is 18.9 Å². The highest BCUT2D eigenvalue weighted by Crippen LogP contribution is 2.36. The summed E-state index contributed by atoms with van der Waals surface area (Å²) in [7, 11) is 0. The van der Waals surface area contributed by atoms with E-state index in [1.807, 2.05) is 11.0 Å². The smallest absolute Gasteiger partial charge is 0.255 e. The molecule has 2 saturated heterocycles. The molecule has 44 heavy (non-hydrogen) atoms. The molecule has 0 aromatic heterocycles. The van der Waals surface area contributed by atoms with Crippen molar-refractivity contribution in [3.8, 4) is 11.8 Å². The summed E-state index contributed by atoms with van der Waals surface area (Å²) in [6.45, 7) is 0.818. The number of fused-ring (bicyclic) bond motifs is 1. The fourth-order valence-electron chi connectivity index (χ4n) is 5.87. The van der Waals surface area contributed by atoms with Gasteiger partial charge in [0.25, 0.3) is 5.91 Å². The van der Waals surface area contributed by atoms with Crippen LogP contribution >= 0.6 is 11.8 Å². The first-order valence-corrected chi connectivity index (χ1v) is 15.1. The Bertz CT molecular complexity index is 1680. The number of piperidine rings is 2. The van der Waals surface area contributed by atoms with Crippen molar-refractivity contribution in [3.63, 3.8) is 0 Å². The number of hydrogen-bond acceptors (Lipinski definition) is 7. The summed E-state index contributed by atoms with van der Waals surface area (Å²) >= 11 is 1.37. The number of nitrogens with one attached hydrogen (secondary N) is 1. The highest BCUT2D eigenvalue weighted by atomic mass is 32.2. The number of imide groups is 1. The van der Waals surface area contributed by atoms with Gasteiger partial charge in [-0.1, -0.05) is 6.07 Å². The summed E-state index contributed by atoms with van der Waals surface area (Å²) in [6.07, 6.45) is 1.72. The average molecular weight is 621 g/mol. The number of halogens is 3.